The fraction of sp³-hybridized carbons (Fsp3) is 0.838. The van der Waals surface area contributed by atoms with Gasteiger partial charge in [-0.05, 0) is 51.4 Å². The van der Waals surface area contributed by atoms with E-state index in [9.17, 15) is 9.59 Å². The van der Waals surface area contributed by atoms with Crippen LogP contribution in [0, 0.1) is 0 Å². The van der Waals surface area contributed by atoms with Crippen LogP contribution in [0.15, 0.2) is 24.3 Å². The van der Waals surface area contributed by atoms with E-state index in [1.54, 1.807) is 0 Å². The van der Waals surface area contributed by atoms with E-state index in [2.05, 4.69) is 50.4 Å². The summed E-state index contributed by atoms with van der Waals surface area (Å²) in [5, 5.41) is 3.01. The standard InChI is InChI=1S/C19H39NO.C18H33NO/c1-3-5-7-8-9-10-11-12-13-14-15-17-19(21)20-18-16-6-4-2;1-2-3-4-5-6-7-8-9-10-11-12-13-14-15-16-17-18(19)20/h3-18H2,1-2H3,(H,20,21);6-7,9-10H,2-5,8,11-17H2,1H3,(H2,19,20)/b;7-6-,10-9-. The molecule has 242 valence electrons. The van der Waals surface area contributed by atoms with E-state index >= 15 is 0 Å². The number of nitrogens with two attached hydrogens (primary N) is 1. The van der Waals surface area contributed by atoms with Crippen LogP contribution >= 0.6 is 0 Å². The summed E-state index contributed by atoms with van der Waals surface area (Å²) in [5.41, 5.74) is 5.09. The van der Waals surface area contributed by atoms with Gasteiger partial charge in [-0.15, -0.1) is 0 Å². The number of hydrogen-bond donors (Lipinski definition) is 2. The smallest absolute Gasteiger partial charge is 0.219 e. The normalized spacial score (nSPS) is 11.2. The fourth-order valence-corrected chi connectivity index (χ4v) is 4.75. The van der Waals surface area contributed by atoms with Crippen molar-refractivity contribution in [3.8, 4) is 0 Å². The Hall–Kier alpha value is -1.58. The minimum absolute atomic E-state index is 0.171. The molecule has 4 heteroatoms. The minimum atomic E-state index is -0.171. The maximum Gasteiger partial charge on any atom is 0.219 e. The van der Waals surface area contributed by atoms with Crippen LogP contribution in [0.2, 0.25) is 0 Å². The molecule has 41 heavy (non-hydrogen) atoms. The quantitative estimate of drug-likeness (QED) is 0.0659. The van der Waals surface area contributed by atoms with Gasteiger partial charge >= 0.3 is 0 Å². The molecule has 0 aromatic carbocycles. The van der Waals surface area contributed by atoms with Crippen molar-refractivity contribution in [2.24, 2.45) is 5.73 Å². The van der Waals surface area contributed by atoms with Crippen molar-refractivity contribution >= 4 is 11.8 Å². The average Bonchev–Trinajstić information content (AvgIpc) is 2.96. The Morgan fingerprint density at radius 3 is 1.39 bits per heavy atom. The van der Waals surface area contributed by atoms with Crippen molar-refractivity contribution in [3.63, 3.8) is 0 Å². The Morgan fingerprint density at radius 1 is 0.488 bits per heavy atom. The Bertz CT molecular complexity index is 585. The van der Waals surface area contributed by atoms with Crippen molar-refractivity contribution in [2.45, 2.75) is 194 Å². The highest BCUT2D eigenvalue weighted by atomic mass is 16.1. The predicted molar refractivity (Wildman–Crippen MR) is 182 cm³/mol. The van der Waals surface area contributed by atoms with Crippen molar-refractivity contribution in [1.29, 1.82) is 0 Å². The van der Waals surface area contributed by atoms with Crippen LogP contribution in [0.1, 0.15) is 194 Å². The first-order chi connectivity index (χ1) is 20.1. The molecule has 0 radical (unpaired) electrons. The van der Waals surface area contributed by atoms with Crippen LogP contribution in [0.3, 0.4) is 0 Å². The second-order valence-corrected chi connectivity index (χ2v) is 11.8. The number of carbonyl (C=O) groups is 2. The van der Waals surface area contributed by atoms with Gasteiger partial charge in [-0.3, -0.25) is 9.59 Å². The summed E-state index contributed by atoms with van der Waals surface area (Å²) in [6, 6.07) is 0. The molecule has 0 bridgehead atoms. The topological polar surface area (TPSA) is 72.2 Å². The summed E-state index contributed by atoms with van der Waals surface area (Å²) in [5.74, 6) is 0.0812. The predicted octanol–water partition coefficient (Wildman–Crippen LogP) is 11.3. The molecule has 0 fully saturated rings. The third kappa shape index (κ3) is 43.0. The zero-order valence-corrected chi connectivity index (χ0v) is 28.0. The molecule has 3 N–H and O–H groups in total. The number of rotatable bonds is 30. The third-order valence-electron chi connectivity index (χ3n) is 7.48. The Labute approximate surface area is 257 Å². The molecule has 0 aliphatic rings. The minimum Gasteiger partial charge on any atom is -0.370 e. The number of carbonyl (C=O) groups excluding carboxylic acids is 2. The first kappa shape index (κ1) is 41.6. The number of primary amides is 1. The molecule has 0 saturated heterocycles. The van der Waals surface area contributed by atoms with E-state index in [1.165, 1.54) is 128 Å². The molecule has 0 aromatic rings. The van der Waals surface area contributed by atoms with Gasteiger partial charge in [0.25, 0.3) is 0 Å². The molecule has 4 nitrogen and oxygen atoms in total. The third-order valence-corrected chi connectivity index (χ3v) is 7.48. The molecule has 0 aliphatic carbocycles. The van der Waals surface area contributed by atoms with Crippen molar-refractivity contribution in [2.75, 3.05) is 6.54 Å². The van der Waals surface area contributed by atoms with Gasteiger partial charge in [-0.2, -0.15) is 0 Å². The highest BCUT2D eigenvalue weighted by Crippen LogP contribution is 2.12. The first-order valence-electron chi connectivity index (χ1n) is 17.9. The van der Waals surface area contributed by atoms with Gasteiger partial charge in [-0.1, -0.05) is 154 Å². The van der Waals surface area contributed by atoms with Crippen LogP contribution in [0.25, 0.3) is 0 Å². The van der Waals surface area contributed by atoms with Gasteiger partial charge in [-0.25, -0.2) is 0 Å². The lowest BCUT2D eigenvalue weighted by Gasteiger charge is -2.05. The van der Waals surface area contributed by atoms with Gasteiger partial charge < -0.3 is 11.1 Å². The monoisotopic (exact) mass is 577 g/mol. The summed E-state index contributed by atoms with van der Waals surface area (Å²) in [6.45, 7) is 7.56. The zero-order chi connectivity index (χ0) is 30.5. The van der Waals surface area contributed by atoms with E-state index in [0.29, 0.717) is 6.42 Å². The second-order valence-electron chi connectivity index (χ2n) is 11.8. The lowest BCUT2D eigenvalue weighted by molar-refractivity contribution is -0.121. The van der Waals surface area contributed by atoms with Crippen molar-refractivity contribution in [3.05, 3.63) is 24.3 Å². The van der Waals surface area contributed by atoms with Gasteiger partial charge in [0, 0.05) is 19.4 Å². The molecule has 2 amide bonds. The number of nitrogens with one attached hydrogen (secondary N) is 1. The summed E-state index contributed by atoms with van der Waals surface area (Å²) >= 11 is 0. The summed E-state index contributed by atoms with van der Waals surface area (Å²) in [4.78, 5) is 22.1. The molecule has 0 heterocycles. The van der Waals surface area contributed by atoms with Gasteiger partial charge in [0.05, 0.1) is 0 Å². The van der Waals surface area contributed by atoms with E-state index in [1.807, 2.05) is 0 Å². The fourth-order valence-electron chi connectivity index (χ4n) is 4.75. The number of unbranched alkanes of at least 4 members (excludes halogenated alkanes) is 20. The van der Waals surface area contributed by atoms with Crippen LogP contribution in [-0.2, 0) is 9.59 Å². The molecular weight excluding hydrogens is 504 g/mol. The van der Waals surface area contributed by atoms with E-state index < -0.39 is 0 Å². The van der Waals surface area contributed by atoms with E-state index in [-0.39, 0.29) is 11.8 Å². The molecule has 0 aromatic heterocycles. The first-order valence-corrected chi connectivity index (χ1v) is 17.9. The number of amides is 2. The molecule has 0 saturated carbocycles. The SMILES string of the molecule is CCCCC/C=C\C/C=C\CCCCCCCC(N)=O.CCCCCCCCCCCCCC(=O)NCCCCC. The van der Waals surface area contributed by atoms with Crippen LogP contribution in [0.4, 0.5) is 0 Å². The largest absolute Gasteiger partial charge is 0.370 e. The molecule has 0 atom stereocenters. The number of hydrogen-bond acceptors (Lipinski definition) is 2. The maximum absolute atomic E-state index is 11.6. The van der Waals surface area contributed by atoms with Crippen molar-refractivity contribution < 1.29 is 9.59 Å². The van der Waals surface area contributed by atoms with Crippen LogP contribution in [0.5, 0.6) is 0 Å². The Morgan fingerprint density at radius 2 is 0.878 bits per heavy atom. The zero-order valence-electron chi connectivity index (χ0n) is 28.0. The lowest BCUT2D eigenvalue weighted by Crippen LogP contribution is -2.23. The Balaban J connectivity index is 0. The molecule has 0 rings (SSSR count). The van der Waals surface area contributed by atoms with Gasteiger partial charge in [0.1, 0.15) is 0 Å². The van der Waals surface area contributed by atoms with Crippen LogP contribution in [-0.4, -0.2) is 18.4 Å². The van der Waals surface area contributed by atoms with Crippen LogP contribution < -0.4 is 11.1 Å². The van der Waals surface area contributed by atoms with Crippen molar-refractivity contribution in [1.82, 2.24) is 5.32 Å². The van der Waals surface area contributed by atoms with Gasteiger partial charge in [0.2, 0.25) is 11.8 Å². The highest BCUT2D eigenvalue weighted by Gasteiger charge is 2.00. The molecular formula is C37H72N2O2. The average molecular weight is 577 g/mol. The highest BCUT2D eigenvalue weighted by molar-refractivity contribution is 5.75. The summed E-state index contributed by atoms with van der Waals surface area (Å²) < 4.78 is 0. The second kappa shape index (κ2) is 38.4. The van der Waals surface area contributed by atoms with E-state index in [4.69, 9.17) is 5.73 Å². The molecule has 0 aliphatic heterocycles. The lowest BCUT2D eigenvalue weighted by atomic mass is 10.1. The van der Waals surface area contributed by atoms with E-state index in [0.717, 1.165) is 45.1 Å². The number of allylic oxidation sites excluding steroid dienone is 4. The maximum atomic E-state index is 11.6. The summed E-state index contributed by atoms with van der Waals surface area (Å²) in [6.07, 6.45) is 42.0. The summed E-state index contributed by atoms with van der Waals surface area (Å²) in [7, 11) is 0. The van der Waals surface area contributed by atoms with Gasteiger partial charge in [0.15, 0.2) is 0 Å². The Kier molecular flexibility index (Phi) is 38.9. The molecule has 0 unspecified atom stereocenters. The molecule has 0 spiro atoms.